The zero-order valence-corrected chi connectivity index (χ0v) is 11.1. The van der Waals surface area contributed by atoms with Crippen molar-refractivity contribution in [2.75, 3.05) is 13.7 Å². The molecule has 1 amide bonds. The molecule has 0 aromatic heterocycles. The highest BCUT2D eigenvalue weighted by Crippen LogP contribution is 2.30. The fourth-order valence-electron chi connectivity index (χ4n) is 2.61. The topological polar surface area (TPSA) is 61.4 Å². The van der Waals surface area contributed by atoms with E-state index in [1.54, 1.807) is 0 Å². The summed E-state index contributed by atoms with van der Waals surface area (Å²) in [5.41, 5.74) is -0.0178. The van der Waals surface area contributed by atoms with E-state index in [2.05, 4.69) is 10.6 Å². The molecule has 4 nitrogen and oxygen atoms in total. The third kappa shape index (κ3) is 4.28. The number of carbonyl (C=O) groups is 1. The lowest BCUT2D eigenvalue weighted by Crippen LogP contribution is -2.49. The van der Waals surface area contributed by atoms with Crippen LogP contribution in [-0.2, 0) is 4.79 Å². The van der Waals surface area contributed by atoms with Gasteiger partial charge in [0.15, 0.2) is 0 Å². The van der Waals surface area contributed by atoms with Gasteiger partial charge in [-0.3, -0.25) is 4.79 Å². The van der Waals surface area contributed by atoms with E-state index >= 15 is 0 Å². The van der Waals surface area contributed by atoms with Gasteiger partial charge in [-0.1, -0.05) is 26.2 Å². The Kier molecular flexibility index (Phi) is 5.92. The van der Waals surface area contributed by atoms with Gasteiger partial charge in [0.2, 0.25) is 5.91 Å². The van der Waals surface area contributed by atoms with E-state index in [1.807, 2.05) is 14.0 Å². The smallest absolute Gasteiger partial charge is 0.222 e. The second-order valence-electron chi connectivity index (χ2n) is 5.12. The fraction of sp³-hybridized carbons (Fsp3) is 0.923. The summed E-state index contributed by atoms with van der Waals surface area (Å²) in [4.78, 5) is 11.9. The molecule has 1 fully saturated rings. The van der Waals surface area contributed by atoms with Gasteiger partial charge in [-0.05, 0) is 26.3 Å². The number of nitrogens with one attached hydrogen (secondary N) is 2. The van der Waals surface area contributed by atoms with E-state index in [0.717, 1.165) is 19.3 Å². The van der Waals surface area contributed by atoms with Crippen molar-refractivity contribution < 1.29 is 9.90 Å². The van der Waals surface area contributed by atoms with Crippen LogP contribution in [0.5, 0.6) is 0 Å². The average molecular weight is 242 g/mol. The van der Waals surface area contributed by atoms with Crippen molar-refractivity contribution in [2.45, 2.75) is 63.5 Å². The van der Waals surface area contributed by atoms with Crippen molar-refractivity contribution in [3.05, 3.63) is 0 Å². The summed E-state index contributed by atoms with van der Waals surface area (Å²) < 4.78 is 0. The van der Waals surface area contributed by atoms with Crippen molar-refractivity contribution in [3.63, 3.8) is 0 Å². The van der Waals surface area contributed by atoms with Gasteiger partial charge in [0.1, 0.15) is 0 Å². The van der Waals surface area contributed by atoms with E-state index in [-0.39, 0.29) is 24.1 Å². The van der Waals surface area contributed by atoms with Gasteiger partial charge in [0.25, 0.3) is 0 Å². The maximum absolute atomic E-state index is 11.9. The van der Waals surface area contributed by atoms with Crippen molar-refractivity contribution in [2.24, 2.45) is 0 Å². The number of hydrogen-bond donors (Lipinski definition) is 3. The number of rotatable bonds is 6. The monoisotopic (exact) mass is 242 g/mol. The third-order valence-electron chi connectivity index (χ3n) is 3.92. The molecule has 0 aromatic carbocycles. The number of aliphatic hydroxyl groups is 1. The maximum Gasteiger partial charge on any atom is 0.222 e. The van der Waals surface area contributed by atoms with Crippen LogP contribution in [0.4, 0.5) is 0 Å². The number of amides is 1. The van der Waals surface area contributed by atoms with Gasteiger partial charge in [0.05, 0.1) is 12.6 Å². The van der Waals surface area contributed by atoms with Gasteiger partial charge in [-0.25, -0.2) is 0 Å². The Hall–Kier alpha value is -0.610. The molecule has 0 heterocycles. The largest absolute Gasteiger partial charge is 0.394 e. The maximum atomic E-state index is 11.9. The van der Waals surface area contributed by atoms with Gasteiger partial charge in [-0.2, -0.15) is 0 Å². The molecule has 1 saturated carbocycles. The minimum absolute atomic E-state index is 0.0178. The molecular weight excluding hydrogens is 216 g/mol. The van der Waals surface area contributed by atoms with Crippen molar-refractivity contribution in [3.8, 4) is 0 Å². The van der Waals surface area contributed by atoms with Crippen LogP contribution in [0.2, 0.25) is 0 Å². The predicted octanol–water partition coefficient (Wildman–Crippen LogP) is 1.19. The van der Waals surface area contributed by atoms with Crippen LogP contribution >= 0.6 is 0 Å². The molecule has 4 heteroatoms. The lowest BCUT2D eigenvalue weighted by molar-refractivity contribution is -0.124. The summed E-state index contributed by atoms with van der Waals surface area (Å²) in [7, 11) is 1.95. The van der Waals surface area contributed by atoms with Crippen LogP contribution in [0, 0.1) is 0 Å². The summed E-state index contributed by atoms with van der Waals surface area (Å²) in [5.74, 6) is 0.0575. The minimum Gasteiger partial charge on any atom is -0.394 e. The second-order valence-corrected chi connectivity index (χ2v) is 5.12. The summed E-state index contributed by atoms with van der Waals surface area (Å²) in [6.07, 6.45) is 7.13. The van der Waals surface area contributed by atoms with Crippen LogP contribution in [0.3, 0.4) is 0 Å². The van der Waals surface area contributed by atoms with Crippen LogP contribution in [0.25, 0.3) is 0 Å². The first-order valence-electron chi connectivity index (χ1n) is 6.75. The molecular formula is C13H26N2O2. The quantitative estimate of drug-likeness (QED) is 0.655. The van der Waals surface area contributed by atoms with Crippen LogP contribution in [0.15, 0.2) is 0 Å². The molecule has 0 aromatic rings. The van der Waals surface area contributed by atoms with Gasteiger partial charge in [0, 0.05) is 12.0 Å². The highest BCUT2D eigenvalue weighted by Gasteiger charge is 2.32. The molecule has 1 aliphatic rings. The Morgan fingerprint density at radius 3 is 2.47 bits per heavy atom. The molecule has 0 saturated heterocycles. The normalized spacial score (nSPS) is 20.9. The van der Waals surface area contributed by atoms with E-state index in [0.29, 0.717) is 6.42 Å². The molecule has 0 spiro atoms. The van der Waals surface area contributed by atoms with Gasteiger partial charge >= 0.3 is 0 Å². The number of hydrogen-bond acceptors (Lipinski definition) is 3. The van der Waals surface area contributed by atoms with E-state index in [4.69, 9.17) is 5.11 Å². The Morgan fingerprint density at radius 1 is 1.35 bits per heavy atom. The molecule has 17 heavy (non-hydrogen) atoms. The van der Waals surface area contributed by atoms with E-state index < -0.39 is 0 Å². The SMILES string of the molecule is CC[C@@H](CO)NC(=O)CC1(NC)CCCCC1. The van der Waals surface area contributed by atoms with Crippen LogP contribution < -0.4 is 10.6 Å². The molecule has 0 bridgehead atoms. The Morgan fingerprint density at radius 2 is 2.00 bits per heavy atom. The highest BCUT2D eigenvalue weighted by molar-refractivity contribution is 5.77. The van der Waals surface area contributed by atoms with E-state index in [9.17, 15) is 4.79 Å². The molecule has 0 unspecified atom stereocenters. The zero-order chi connectivity index (χ0) is 12.7. The lowest BCUT2D eigenvalue weighted by atomic mass is 9.79. The van der Waals surface area contributed by atoms with Crippen LogP contribution in [-0.4, -0.2) is 36.2 Å². The van der Waals surface area contributed by atoms with Crippen molar-refractivity contribution in [1.29, 1.82) is 0 Å². The Balaban J connectivity index is 2.47. The van der Waals surface area contributed by atoms with E-state index in [1.165, 1.54) is 19.3 Å². The average Bonchev–Trinajstić information content (AvgIpc) is 2.37. The summed E-state index contributed by atoms with van der Waals surface area (Å²) in [6.45, 7) is 1.99. The van der Waals surface area contributed by atoms with Crippen LogP contribution in [0.1, 0.15) is 51.9 Å². The first kappa shape index (κ1) is 14.5. The molecule has 0 aliphatic heterocycles. The number of carbonyl (C=O) groups excluding carboxylic acids is 1. The molecule has 1 atom stereocenters. The molecule has 0 radical (unpaired) electrons. The Labute approximate surface area is 104 Å². The predicted molar refractivity (Wildman–Crippen MR) is 68.8 cm³/mol. The molecule has 100 valence electrons. The third-order valence-corrected chi connectivity index (χ3v) is 3.92. The minimum atomic E-state index is -0.0972. The zero-order valence-electron chi connectivity index (χ0n) is 11.1. The lowest BCUT2D eigenvalue weighted by Gasteiger charge is -2.37. The number of aliphatic hydroxyl groups excluding tert-OH is 1. The van der Waals surface area contributed by atoms with Gasteiger partial charge in [-0.15, -0.1) is 0 Å². The first-order chi connectivity index (χ1) is 8.15. The van der Waals surface area contributed by atoms with Crippen molar-refractivity contribution in [1.82, 2.24) is 10.6 Å². The first-order valence-corrected chi connectivity index (χ1v) is 6.75. The highest BCUT2D eigenvalue weighted by atomic mass is 16.3. The van der Waals surface area contributed by atoms with Crippen molar-refractivity contribution >= 4 is 5.91 Å². The van der Waals surface area contributed by atoms with Gasteiger partial charge < -0.3 is 15.7 Å². The Bertz CT molecular complexity index is 234. The molecule has 3 N–H and O–H groups in total. The standard InChI is InChI=1S/C13H26N2O2/c1-3-11(10-16)15-12(17)9-13(14-2)7-5-4-6-8-13/h11,14,16H,3-10H2,1-2H3,(H,15,17)/t11-/m0/s1. The molecule has 1 aliphatic carbocycles. The summed E-state index contributed by atoms with van der Waals surface area (Å²) >= 11 is 0. The summed E-state index contributed by atoms with van der Waals surface area (Å²) in [6, 6.07) is -0.0972. The fourth-order valence-corrected chi connectivity index (χ4v) is 2.61. The second kappa shape index (κ2) is 6.97. The summed E-state index contributed by atoms with van der Waals surface area (Å²) in [5, 5.41) is 15.3. The molecule has 1 rings (SSSR count).